The first-order valence-corrected chi connectivity index (χ1v) is 6.48. The molecule has 0 saturated heterocycles. The van der Waals surface area contributed by atoms with Crippen LogP contribution in [0.2, 0.25) is 0 Å². The zero-order chi connectivity index (χ0) is 13.0. The van der Waals surface area contributed by atoms with Crippen LogP contribution in [0.1, 0.15) is 13.8 Å². The van der Waals surface area contributed by atoms with Crippen molar-refractivity contribution in [3.05, 3.63) is 36.0 Å². The van der Waals surface area contributed by atoms with Crippen LogP contribution in [0.3, 0.4) is 0 Å². The highest BCUT2D eigenvalue weighted by atomic mass is 32.1. The number of nitrogens with one attached hydrogen (secondary N) is 1. The molecule has 0 fully saturated rings. The Morgan fingerprint density at radius 2 is 2.28 bits per heavy atom. The molecule has 94 valence electrons. The number of para-hydroxylation sites is 1. The maximum absolute atomic E-state index is 11.3. The molecule has 0 unspecified atom stereocenters. The summed E-state index contributed by atoms with van der Waals surface area (Å²) in [5.41, 5.74) is 1.67. The van der Waals surface area contributed by atoms with Crippen LogP contribution in [0.4, 0.5) is 5.13 Å². The van der Waals surface area contributed by atoms with Gasteiger partial charge in [0.05, 0.1) is 16.8 Å². The second-order valence-corrected chi connectivity index (χ2v) is 4.72. The summed E-state index contributed by atoms with van der Waals surface area (Å²) in [4.78, 5) is 15.7. The van der Waals surface area contributed by atoms with Gasteiger partial charge in [-0.15, -0.1) is 0 Å². The first kappa shape index (κ1) is 12.6. The highest BCUT2D eigenvalue weighted by molar-refractivity contribution is 7.22. The monoisotopic (exact) mass is 262 g/mol. The summed E-state index contributed by atoms with van der Waals surface area (Å²) in [6.07, 6.45) is 1.43. The molecule has 0 bridgehead atoms. The van der Waals surface area contributed by atoms with Crippen LogP contribution in [0, 0.1) is 0 Å². The highest BCUT2D eigenvalue weighted by Crippen LogP contribution is 2.26. The number of rotatable bonds is 4. The summed E-state index contributed by atoms with van der Waals surface area (Å²) in [6, 6.07) is 7.91. The van der Waals surface area contributed by atoms with E-state index in [2.05, 4.69) is 10.3 Å². The average molecular weight is 262 g/mol. The zero-order valence-electron chi connectivity index (χ0n) is 10.3. The third-order valence-corrected chi connectivity index (χ3v) is 3.17. The highest BCUT2D eigenvalue weighted by Gasteiger charge is 2.04. The van der Waals surface area contributed by atoms with E-state index in [0.29, 0.717) is 12.3 Å². The first-order chi connectivity index (χ1) is 8.69. The van der Waals surface area contributed by atoms with Gasteiger partial charge in [0.1, 0.15) is 0 Å². The van der Waals surface area contributed by atoms with E-state index in [-0.39, 0.29) is 5.97 Å². The molecule has 0 aliphatic heterocycles. The standard InChI is InChI=1S/C13H14N2O2S/c1-3-17-12(16)8-9(2)14-13-15-10-6-4-5-7-11(10)18-13/h4-8H,3H2,1-2H3,(H,14,15)/b9-8+. The maximum atomic E-state index is 11.3. The summed E-state index contributed by atoms with van der Waals surface area (Å²) in [6.45, 7) is 3.97. The van der Waals surface area contributed by atoms with Crippen molar-refractivity contribution < 1.29 is 9.53 Å². The number of fused-ring (bicyclic) bond motifs is 1. The van der Waals surface area contributed by atoms with E-state index < -0.39 is 0 Å². The first-order valence-electron chi connectivity index (χ1n) is 5.66. The number of allylic oxidation sites excluding steroid dienone is 1. The molecule has 0 saturated carbocycles. The van der Waals surface area contributed by atoms with Gasteiger partial charge in [-0.25, -0.2) is 9.78 Å². The van der Waals surface area contributed by atoms with Crippen molar-refractivity contribution in [1.29, 1.82) is 0 Å². The number of hydrogen-bond acceptors (Lipinski definition) is 5. The topological polar surface area (TPSA) is 51.2 Å². The number of benzene rings is 1. The van der Waals surface area contributed by atoms with E-state index in [1.165, 1.54) is 6.08 Å². The van der Waals surface area contributed by atoms with Crippen molar-refractivity contribution in [2.24, 2.45) is 0 Å². The lowest BCUT2D eigenvalue weighted by molar-refractivity contribution is -0.137. The quantitative estimate of drug-likeness (QED) is 0.679. The molecule has 0 atom stereocenters. The molecule has 5 heteroatoms. The van der Waals surface area contributed by atoms with E-state index in [0.717, 1.165) is 15.3 Å². The van der Waals surface area contributed by atoms with E-state index in [4.69, 9.17) is 4.74 Å². The number of carbonyl (C=O) groups excluding carboxylic acids is 1. The number of carbonyl (C=O) groups is 1. The Balaban J connectivity index is 2.11. The van der Waals surface area contributed by atoms with Gasteiger partial charge in [0, 0.05) is 11.8 Å². The summed E-state index contributed by atoms with van der Waals surface area (Å²) in [7, 11) is 0. The van der Waals surface area contributed by atoms with Gasteiger partial charge in [0.2, 0.25) is 0 Å². The largest absolute Gasteiger partial charge is 0.463 e. The van der Waals surface area contributed by atoms with Crippen molar-refractivity contribution >= 4 is 32.7 Å². The van der Waals surface area contributed by atoms with Crippen molar-refractivity contribution in [2.75, 3.05) is 11.9 Å². The Kier molecular flexibility index (Phi) is 3.94. The van der Waals surface area contributed by atoms with E-state index in [1.807, 2.05) is 31.2 Å². The average Bonchev–Trinajstić information content (AvgIpc) is 2.70. The number of thiazole rings is 1. The Bertz CT molecular complexity index is 556. The maximum Gasteiger partial charge on any atom is 0.332 e. The number of ether oxygens (including phenoxy) is 1. The molecule has 1 N–H and O–H groups in total. The molecule has 0 amide bonds. The Hall–Kier alpha value is -1.88. The van der Waals surface area contributed by atoms with E-state index >= 15 is 0 Å². The molecular weight excluding hydrogens is 248 g/mol. The summed E-state index contributed by atoms with van der Waals surface area (Å²) in [5.74, 6) is -0.344. The van der Waals surface area contributed by atoms with Crippen molar-refractivity contribution in [2.45, 2.75) is 13.8 Å². The van der Waals surface area contributed by atoms with Crippen LogP contribution in [-0.4, -0.2) is 17.6 Å². The molecule has 0 aliphatic rings. The van der Waals surface area contributed by atoms with Crippen LogP contribution >= 0.6 is 11.3 Å². The second-order valence-electron chi connectivity index (χ2n) is 3.69. The van der Waals surface area contributed by atoms with Crippen molar-refractivity contribution in [3.8, 4) is 0 Å². The van der Waals surface area contributed by atoms with E-state index in [9.17, 15) is 4.79 Å². The molecule has 0 spiro atoms. The Morgan fingerprint density at radius 3 is 3.00 bits per heavy atom. The molecular formula is C13H14N2O2S. The molecule has 2 aromatic rings. The van der Waals surface area contributed by atoms with Crippen LogP contribution in [0.15, 0.2) is 36.0 Å². The fourth-order valence-corrected chi connectivity index (χ4v) is 2.42. The van der Waals surface area contributed by atoms with Crippen LogP contribution in [0.25, 0.3) is 10.2 Å². The number of nitrogens with zero attached hydrogens (tertiary/aromatic N) is 1. The van der Waals surface area contributed by atoms with Gasteiger partial charge in [-0.05, 0) is 26.0 Å². The SMILES string of the molecule is CCOC(=O)/C=C(\C)Nc1nc2ccccc2s1. The van der Waals surface area contributed by atoms with E-state index in [1.54, 1.807) is 18.3 Å². The minimum atomic E-state index is -0.344. The molecule has 1 aromatic carbocycles. The Morgan fingerprint density at radius 1 is 1.50 bits per heavy atom. The van der Waals surface area contributed by atoms with Gasteiger partial charge in [-0.1, -0.05) is 23.5 Å². The van der Waals surface area contributed by atoms with Gasteiger partial charge in [-0.2, -0.15) is 0 Å². The minimum absolute atomic E-state index is 0.344. The second kappa shape index (κ2) is 5.64. The molecule has 1 aromatic heterocycles. The molecule has 0 aliphatic carbocycles. The molecule has 0 radical (unpaired) electrons. The van der Waals surface area contributed by atoms with Gasteiger partial charge < -0.3 is 10.1 Å². The van der Waals surface area contributed by atoms with Crippen molar-refractivity contribution in [3.63, 3.8) is 0 Å². The lowest BCUT2D eigenvalue weighted by atomic mass is 10.3. The Labute approximate surface area is 109 Å². The number of anilines is 1. The number of hydrogen-bond donors (Lipinski definition) is 1. The summed E-state index contributed by atoms with van der Waals surface area (Å²) >= 11 is 1.55. The fraction of sp³-hybridized carbons (Fsp3) is 0.231. The zero-order valence-corrected chi connectivity index (χ0v) is 11.1. The van der Waals surface area contributed by atoms with Crippen LogP contribution in [0.5, 0.6) is 0 Å². The lowest BCUT2D eigenvalue weighted by Gasteiger charge is -2.01. The van der Waals surface area contributed by atoms with Gasteiger partial charge >= 0.3 is 5.97 Å². The van der Waals surface area contributed by atoms with Gasteiger partial charge in [0.15, 0.2) is 5.13 Å². The summed E-state index contributed by atoms with van der Waals surface area (Å²) in [5, 5.41) is 3.86. The third kappa shape index (κ3) is 3.07. The number of aromatic nitrogens is 1. The molecule has 1 heterocycles. The number of esters is 1. The normalized spacial score (nSPS) is 11.6. The minimum Gasteiger partial charge on any atom is -0.463 e. The predicted octanol–water partition coefficient (Wildman–Crippen LogP) is 3.18. The molecule has 2 rings (SSSR count). The lowest BCUT2D eigenvalue weighted by Crippen LogP contribution is -2.04. The summed E-state index contributed by atoms with van der Waals surface area (Å²) < 4.78 is 5.95. The van der Waals surface area contributed by atoms with Gasteiger partial charge in [-0.3, -0.25) is 0 Å². The van der Waals surface area contributed by atoms with Gasteiger partial charge in [0.25, 0.3) is 0 Å². The third-order valence-electron chi connectivity index (χ3n) is 2.22. The van der Waals surface area contributed by atoms with Crippen molar-refractivity contribution in [1.82, 2.24) is 4.98 Å². The van der Waals surface area contributed by atoms with Crippen LogP contribution < -0.4 is 5.32 Å². The fourth-order valence-electron chi connectivity index (χ4n) is 1.49. The smallest absolute Gasteiger partial charge is 0.332 e. The van der Waals surface area contributed by atoms with Crippen LogP contribution in [-0.2, 0) is 9.53 Å². The molecule has 4 nitrogen and oxygen atoms in total. The molecule has 18 heavy (non-hydrogen) atoms. The predicted molar refractivity (Wildman–Crippen MR) is 73.6 cm³/mol.